The van der Waals surface area contributed by atoms with Gasteiger partial charge in [0.25, 0.3) is 0 Å². The average molecular weight is 220 g/mol. The Morgan fingerprint density at radius 2 is 1.69 bits per heavy atom. The molecule has 2 nitrogen and oxygen atoms in total. The van der Waals surface area contributed by atoms with Gasteiger partial charge in [0.1, 0.15) is 0 Å². The van der Waals surface area contributed by atoms with E-state index in [-0.39, 0.29) is 0 Å². The maximum atomic E-state index is 5.25. The average Bonchev–Trinajstić information content (AvgIpc) is 2.31. The van der Waals surface area contributed by atoms with Gasteiger partial charge in [-0.3, -0.25) is 0 Å². The van der Waals surface area contributed by atoms with E-state index in [2.05, 4.69) is 36.0 Å². The zero-order valence-electron chi connectivity index (χ0n) is 10.4. The molecule has 0 aromatic rings. The van der Waals surface area contributed by atoms with Crippen molar-refractivity contribution >= 4 is 0 Å². The summed E-state index contributed by atoms with van der Waals surface area (Å²) < 4.78 is 0. The molecule has 0 atom stereocenters. The van der Waals surface area contributed by atoms with Crippen LogP contribution in [0.5, 0.6) is 0 Å². The Morgan fingerprint density at radius 3 is 2.44 bits per heavy atom. The standard InChI is InChI=1S/C14H24N2/c1-2-3-4-7-10-13-16-14-11-8-5-6-9-12-15/h16H,2-5,7-8,11-12,14-15H2,1H3. The quantitative estimate of drug-likeness (QED) is 0.392. The minimum atomic E-state index is 0.474. The van der Waals surface area contributed by atoms with Gasteiger partial charge in [-0.15, -0.1) is 5.92 Å². The van der Waals surface area contributed by atoms with Gasteiger partial charge in [0, 0.05) is 25.4 Å². The van der Waals surface area contributed by atoms with Crippen LogP contribution in [0.3, 0.4) is 0 Å². The monoisotopic (exact) mass is 220 g/mol. The highest BCUT2D eigenvalue weighted by Gasteiger charge is 1.84. The second-order valence-corrected chi connectivity index (χ2v) is 3.70. The molecule has 0 unspecified atom stereocenters. The molecule has 0 aromatic carbocycles. The van der Waals surface area contributed by atoms with Crippen molar-refractivity contribution in [3.8, 4) is 23.8 Å². The summed E-state index contributed by atoms with van der Waals surface area (Å²) in [6.45, 7) is 3.64. The predicted octanol–water partition coefficient (Wildman–Crippen LogP) is 2.25. The van der Waals surface area contributed by atoms with Crippen LogP contribution in [0, 0.1) is 23.8 Å². The minimum absolute atomic E-state index is 0.474. The molecule has 0 aliphatic carbocycles. The van der Waals surface area contributed by atoms with Crippen LogP contribution in [0.4, 0.5) is 0 Å². The summed E-state index contributed by atoms with van der Waals surface area (Å²) in [5.74, 6) is 9.01. The van der Waals surface area contributed by atoms with Gasteiger partial charge in [-0.2, -0.15) is 0 Å². The van der Waals surface area contributed by atoms with Gasteiger partial charge < -0.3 is 11.1 Å². The van der Waals surface area contributed by atoms with Gasteiger partial charge in [0.05, 0.1) is 6.54 Å². The first-order chi connectivity index (χ1) is 7.91. The predicted molar refractivity (Wildman–Crippen MR) is 70.6 cm³/mol. The number of hydrogen-bond acceptors (Lipinski definition) is 2. The van der Waals surface area contributed by atoms with E-state index in [1.165, 1.54) is 19.3 Å². The fourth-order valence-corrected chi connectivity index (χ4v) is 1.24. The van der Waals surface area contributed by atoms with Gasteiger partial charge in [-0.05, 0) is 19.3 Å². The smallest absolute Gasteiger partial charge is 0.0551 e. The third-order valence-electron chi connectivity index (χ3n) is 2.16. The first-order valence-corrected chi connectivity index (χ1v) is 6.28. The second kappa shape index (κ2) is 13.9. The molecule has 2 heteroatoms. The summed E-state index contributed by atoms with van der Waals surface area (Å²) >= 11 is 0. The van der Waals surface area contributed by atoms with Crippen LogP contribution in [0.15, 0.2) is 0 Å². The van der Waals surface area contributed by atoms with E-state index >= 15 is 0 Å². The molecule has 0 fully saturated rings. The molecule has 0 bridgehead atoms. The van der Waals surface area contributed by atoms with Crippen molar-refractivity contribution in [2.24, 2.45) is 5.73 Å². The number of nitrogens with two attached hydrogens (primary N) is 1. The molecule has 0 rings (SSSR count). The zero-order chi connectivity index (χ0) is 11.9. The summed E-state index contributed by atoms with van der Waals surface area (Å²) in [5, 5.41) is 3.12. The highest BCUT2D eigenvalue weighted by Crippen LogP contribution is 1.96. The van der Waals surface area contributed by atoms with Crippen LogP contribution in [-0.4, -0.2) is 13.1 Å². The lowest BCUT2D eigenvalue weighted by atomic mass is 10.2. The number of unbranched alkanes of at least 4 members (excludes halogenated alkanes) is 5. The van der Waals surface area contributed by atoms with Crippen molar-refractivity contribution in [1.82, 2.24) is 5.32 Å². The fraction of sp³-hybridized carbons (Fsp3) is 0.714. The maximum absolute atomic E-state index is 5.25. The van der Waals surface area contributed by atoms with Gasteiger partial charge in [0.2, 0.25) is 0 Å². The van der Waals surface area contributed by atoms with E-state index in [0.717, 1.165) is 32.2 Å². The molecule has 0 saturated heterocycles. The lowest BCUT2D eigenvalue weighted by molar-refractivity contribution is 0.716. The van der Waals surface area contributed by atoms with E-state index in [1.807, 2.05) is 0 Å². The Morgan fingerprint density at radius 1 is 0.938 bits per heavy atom. The summed E-state index contributed by atoms with van der Waals surface area (Å²) in [6, 6.07) is 2.99. The first kappa shape index (κ1) is 14.9. The molecule has 0 aliphatic heterocycles. The summed E-state index contributed by atoms with van der Waals surface area (Å²) in [7, 11) is 0. The van der Waals surface area contributed by atoms with Gasteiger partial charge in [0.15, 0.2) is 0 Å². The molecule has 90 valence electrons. The van der Waals surface area contributed by atoms with Crippen molar-refractivity contribution in [3.63, 3.8) is 0 Å². The second-order valence-electron chi connectivity index (χ2n) is 3.70. The lowest BCUT2D eigenvalue weighted by Gasteiger charge is -1.95. The topological polar surface area (TPSA) is 38.0 Å². The van der Waals surface area contributed by atoms with Crippen molar-refractivity contribution in [2.45, 2.75) is 51.9 Å². The van der Waals surface area contributed by atoms with Crippen LogP contribution in [0.1, 0.15) is 51.9 Å². The van der Waals surface area contributed by atoms with E-state index in [0.29, 0.717) is 6.54 Å². The highest BCUT2D eigenvalue weighted by molar-refractivity contribution is 4.99. The zero-order valence-corrected chi connectivity index (χ0v) is 10.4. The Balaban J connectivity index is 3.13. The highest BCUT2D eigenvalue weighted by atomic mass is 14.8. The summed E-state index contributed by atoms with van der Waals surface area (Å²) in [4.78, 5) is 0. The van der Waals surface area contributed by atoms with Gasteiger partial charge >= 0.3 is 0 Å². The normalized spacial score (nSPS) is 8.62. The molecular formula is C14H24N2. The van der Waals surface area contributed by atoms with E-state index < -0.39 is 0 Å². The van der Waals surface area contributed by atoms with Crippen LogP contribution in [0.25, 0.3) is 0 Å². The molecule has 0 spiro atoms. The van der Waals surface area contributed by atoms with Crippen molar-refractivity contribution in [1.29, 1.82) is 0 Å². The van der Waals surface area contributed by atoms with Crippen LogP contribution >= 0.6 is 0 Å². The minimum Gasteiger partial charge on any atom is -0.346 e. The third kappa shape index (κ3) is 12.9. The van der Waals surface area contributed by atoms with Crippen LogP contribution in [0.2, 0.25) is 0 Å². The van der Waals surface area contributed by atoms with Crippen molar-refractivity contribution < 1.29 is 0 Å². The molecule has 0 aromatic heterocycles. The molecular weight excluding hydrogens is 196 g/mol. The first-order valence-electron chi connectivity index (χ1n) is 6.28. The van der Waals surface area contributed by atoms with Crippen LogP contribution in [-0.2, 0) is 0 Å². The third-order valence-corrected chi connectivity index (χ3v) is 2.16. The molecule has 0 amide bonds. The Bertz CT molecular complexity index is 249. The number of rotatable bonds is 7. The van der Waals surface area contributed by atoms with E-state index in [4.69, 9.17) is 5.73 Å². The molecule has 3 N–H and O–H groups in total. The largest absolute Gasteiger partial charge is 0.346 e. The summed E-state index contributed by atoms with van der Waals surface area (Å²) in [6.07, 6.45) is 7.99. The lowest BCUT2D eigenvalue weighted by Crippen LogP contribution is -2.07. The van der Waals surface area contributed by atoms with Crippen LogP contribution < -0.4 is 11.1 Å². The van der Waals surface area contributed by atoms with Gasteiger partial charge in [-0.25, -0.2) is 0 Å². The van der Waals surface area contributed by atoms with Crippen molar-refractivity contribution in [3.05, 3.63) is 0 Å². The number of nitrogens with one attached hydrogen (secondary N) is 1. The molecule has 0 radical (unpaired) electrons. The van der Waals surface area contributed by atoms with Crippen molar-refractivity contribution in [2.75, 3.05) is 13.1 Å². The molecule has 0 heterocycles. The molecule has 0 aliphatic rings. The van der Waals surface area contributed by atoms with Gasteiger partial charge in [-0.1, -0.05) is 31.6 Å². The fourth-order valence-electron chi connectivity index (χ4n) is 1.24. The number of hydrogen-bond donors (Lipinski definition) is 2. The molecule has 16 heavy (non-hydrogen) atoms. The SMILES string of the molecule is CCCCCC#CNCCCCC#CCN. The Labute approximate surface area is 100 Å². The summed E-state index contributed by atoms with van der Waals surface area (Å²) in [5.41, 5.74) is 5.25. The molecule has 0 saturated carbocycles. The maximum Gasteiger partial charge on any atom is 0.0551 e. The van der Waals surface area contributed by atoms with E-state index in [1.54, 1.807) is 0 Å². The Hall–Kier alpha value is -1.12. The van der Waals surface area contributed by atoms with E-state index in [9.17, 15) is 0 Å². The Kier molecular flexibility index (Phi) is 12.9.